The summed E-state index contributed by atoms with van der Waals surface area (Å²) >= 11 is 1.73. The minimum atomic E-state index is -1.24. The Labute approximate surface area is 78.4 Å². The number of Topliss-reactive ketones (excluding diaryl/α,β-unsaturated/α-hetero) is 1. The molecule has 11 heavy (non-hydrogen) atoms. The second-order valence-electron chi connectivity index (χ2n) is 2.25. The van der Waals surface area contributed by atoms with E-state index in [9.17, 15) is 4.79 Å². The van der Waals surface area contributed by atoms with Crippen LogP contribution in [0.3, 0.4) is 0 Å². The fourth-order valence-corrected chi connectivity index (χ4v) is 1.02. The van der Waals surface area contributed by atoms with Crippen molar-refractivity contribution in [1.29, 1.82) is 0 Å². The maximum atomic E-state index is 10.6. The maximum Gasteiger partial charge on any atom is 0.145 e. The van der Waals surface area contributed by atoms with Crippen LogP contribution in [0.15, 0.2) is 0 Å². The first-order valence-electron chi connectivity index (χ1n) is 3.12. The Morgan fingerprint density at radius 2 is 2.00 bits per heavy atom. The lowest BCUT2D eigenvalue weighted by molar-refractivity contribution is -0.119. The quantitative estimate of drug-likeness (QED) is 0.458. The molecule has 3 unspecified atom stereocenters. The zero-order valence-corrected chi connectivity index (χ0v) is 8.22. The molecule has 0 spiro atoms. The molecule has 3 atom stereocenters. The van der Waals surface area contributed by atoms with Crippen molar-refractivity contribution < 1.29 is 20.1 Å². The van der Waals surface area contributed by atoms with Crippen molar-refractivity contribution in [2.45, 2.75) is 23.1 Å². The van der Waals surface area contributed by atoms with Crippen molar-refractivity contribution in [3.8, 4) is 0 Å². The molecular formula is C6H11IO4. The first kappa shape index (κ1) is 11.3. The summed E-state index contributed by atoms with van der Waals surface area (Å²) in [6.45, 7) is 0.790. The number of aliphatic hydroxyl groups is 3. The van der Waals surface area contributed by atoms with Gasteiger partial charge in [0.05, 0.1) is 10.5 Å². The van der Waals surface area contributed by atoms with E-state index in [0.29, 0.717) is 0 Å². The van der Waals surface area contributed by atoms with E-state index in [-0.39, 0.29) is 5.78 Å². The second-order valence-corrected chi connectivity index (χ2v) is 3.59. The smallest absolute Gasteiger partial charge is 0.145 e. The van der Waals surface area contributed by atoms with Crippen LogP contribution in [0, 0.1) is 0 Å². The van der Waals surface area contributed by atoms with Crippen molar-refractivity contribution in [3.63, 3.8) is 0 Å². The highest BCUT2D eigenvalue weighted by Gasteiger charge is 2.26. The lowest BCUT2D eigenvalue weighted by Crippen LogP contribution is -2.39. The van der Waals surface area contributed by atoms with Crippen LogP contribution >= 0.6 is 22.6 Å². The molecule has 0 aromatic carbocycles. The Bertz CT molecular complexity index is 139. The third kappa shape index (κ3) is 3.46. The molecule has 5 heteroatoms. The Morgan fingerprint density at radius 3 is 2.27 bits per heavy atom. The summed E-state index contributed by atoms with van der Waals surface area (Å²) in [6, 6.07) is 0. The van der Waals surface area contributed by atoms with E-state index in [1.165, 1.54) is 6.92 Å². The average molecular weight is 274 g/mol. The molecule has 0 bridgehead atoms. The molecule has 0 aliphatic heterocycles. The predicted octanol–water partition coefficient (Wildman–Crippen LogP) is -0.907. The molecule has 0 amide bonds. The molecule has 0 aliphatic carbocycles. The lowest BCUT2D eigenvalue weighted by Gasteiger charge is -2.18. The van der Waals surface area contributed by atoms with Gasteiger partial charge in [0, 0.05) is 0 Å². The highest BCUT2D eigenvalue weighted by Crippen LogP contribution is 2.10. The van der Waals surface area contributed by atoms with Gasteiger partial charge in [-0.2, -0.15) is 0 Å². The minimum absolute atomic E-state index is 0.217. The molecule has 0 saturated heterocycles. The van der Waals surface area contributed by atoms with Gasteiger partial charge in [-0.15, -0.1) is 0 Å². The molecule has 0 fully saturated rings. The van der Waals surface area contributed by atoms with Gasteiger partial charge >= 0.3 is 0 Å². The Hall–Kier alpha value is 0.280. The number of aliphatic hydroxyl groups excluding tert-OH is 3. The van der Waals surface area contributed by atoms with Crippen LogP contribution < -0.4 is 0 Å². The molecule has 0 radical (unpaired) electrons. The monoisotopic (exact) mass is 274 g/mol. The van der Waals surface area contributed by atoms with E-state index < -0.39 is 22.7 Å². The van der Waals surface area contributed by atoms with Crippen molar-refractivity contribution in [2.75, 3.05) is 6.61 Å². The van der Waals surface area contributed by atoms with E-state index in [1.807, 2.05) is 0 Å². The topological polar surface area (TPSA) is 77.8 Å². The van der Waals surface area contributed by atoms with Crippen molar-refractivity contribution in [2.24, 2.45) is 0 Å². The molecule has 0 aromatic heterocycles. The summed E-state index contributed by atoms with van der Waals surface area (Å²) in [5.41, 5.74) is 0. The van der Waals surface area contributed by atoms with E-state index in [2.05, 4.69) is 0 Å². The van der Waals surface area contributed by atoms with Crippen LogP contribution in [-0.4, -0.2) is 43.8 Å². The third-order valence-electron chi connectivity index (χ3n) is 1.27. The fraction of sp³-hybridized carbons (Fsp3) is 0.833. The summed E-state index contributed by atoms with van der Waals surface area (Å²) in [4.78, 5) is 10.6. The normalized spacial score (nSPS) is 19.0. The summed E-state index contributed by atoms with van der Waals surface area (Å²) in [7, 11) is 0. The van der Waals surface area contributed by atoms with Crippen LogP contribution in [0.1, 0.15) is 6.92 Å². The number of alkyl halides is 1. The standard InChI is InChI=1S/C6H11IO4/c1-3(9)5(7)6(11)4(10)2-8/h4-6,8,10-11H,2H2,1H3. The maximum absolute atomic E-state index is 10.6. The Morgan fingerprint density at radius 1 is 1.55 bits per heavy atom. The van der Waals surface area contributed by atoms with Gasteiger partial charge in [0.1, 0.15) is 18.0 Å². The van der Waals surface area contributed by atoms with E-state index >= 15 is 0 Å². The third-order valence-corrected chi connectivity index (χ3v) is 2.88. The van der Waals surface area contributed by atoms with Gasteiger partial charge in [-0.25, -0.2) is 0 Å². The molecule has 0 heterocycles. The zero-order valence-electron chi connectivity index (χ0n) is 6.07. The van der Waals surface area contributed by atoms with Crippen LogP contribution in [0.2, 0.25) is 0 Å². The molecule has 0 aliphatic rings. The average Bonchev–Trinajstić information content (AvgIpc) is 2.00. The number of halogens is 1. The number of carbonyl (C=O) groups excluding carboxylic acids is 1. The summed E-state index contributed by atoms with van der Waals surface area (Å²) in [5.74, 6) is -0.217. The van der Waals surface area contributed by atoms with Crippen LogP contribution in [0.4, 0.5) is 0 Å². The number of hydrogen-bond acceptors (Lipinski definition) is 4. The summed E-state index contributed by atoms with van der Waals surface area (Å²) < 4.78 is -0.658. The SMILES string of the molecule is CC(=O)C(I)C(O)C(O)CO. The lowest BCUT2D eigenvalue weighted by atomic mass is 10.1. The van der Waals surface area contributed by atoms with Gasteiger partial charge in [-0.3, -0.25) is 4.79 Å². The van der Waals surface area contributed by atoms with Crippen molar-refractivity contribution in [3.05, 3.63) is 0 Å². The zero-order chi connectivity index (χ0) is 9.02. The molecule has 66 valence electrons. The Balaban J connectivity index is 4.00. The predicted molar refractivity (Wildman–Crippen MR) is 47.6 cm³/mol. The number of ketones is 1. The molecule has 4 nitrogen and oxygen atoms in total. The second kappa shape index (κ2) is 5.02. The number of carbonyl (C=O) groups is 1. The first-order valence-corrected chi connectivity index (χ1v) is 4.36. The highest BCUT2D eigenvalue weighted by atomic mass is 127. The van der Waals surface area contributed by atoms with Gasteiger partial charge in [-0.05, 0) is 6.92 Å². The molecule has 3 N–H and O–H groups in total. The van der Waals surface area contributed by atoms with Gasteiger partial charge in [0.15, 0.2) is 0 Å². The van der Waals surface area contributed by atoms with Crippen molar-refractivity contribution >= 4 is 28.4 Å². The molecule has 0 saturated carbocycles. The van der Waals surface area contributed by atoms with Crippen LogP contribution in [0.5, 0.6) is 0 Å². The number of rotatable bonds is 4. The van der Waals surface area contributed by atoms with Crippen molar-refractivity contribution in [1.82, 2.24) is 0 Å². The van der Waals surface area contributed by atoms with E-state index in [4.69, 9.17) is 15.3 Å². The molecule has 0 rings (SSSR count). The van der Waals surface area contributed by atoms with Crippen LogP contribution in [-0.2, 0) is 4.79 Å². The largest absolute Gasteiger partial charge is 0.394 e. The fourth-order valence-electron chi connectivity index (χ4n) is 0.544. The van der Waals surface area contributed by atoms with E-state index in [1.54, 1.807) is 22.6 Å². The number of hydrogen-bond donors (Lipinski definition) is 3. The first-order chi connectivity index (χ1) is 5.00. The van der Waals surface area contributed by atoms with Gasteiger partial charge < -0.3 is 15.3 Å². The molecule has 0 aromatic rings. The summed E-state index contributed by atoms with van der Waals surface area (Å²) in [5, 5.41) is 26.4. The Kier molecular flexibility index (Phi) is 5.15. The van der Waals surface area contributed by atoms with E-state index in [0.717, 1.165) is 0 Å². The summed E-state index contributed by atoms with van der Waals surface area (Å²) in [6.07, 6.45) is -2.42. The van der Waals surface area contributed by atoms with Gasteiger partial charge in [-0.1, -0.05) is 22.6 Å². The minimum Gasteiger partial charge on any atom is -0.394 e. The van der Waals surface area contributed by atoms with Gasteiger partial charge in [0.2, 0.25) is 0 Å². The van der Waals surface area contributed by atoms with Crippen LogP contribution in [0.25, 0.3) is 0 Å². The highest BCUT2D eigenvalue weighted by molar-refractivity contribution is 14.1. The molecular weight excluding hydrogens is 263 g/mol. The van der Waals surface area contributed by atoms with Gasteiger partial charge in [0.25, 0.3) is 0 Å².